The van der Waals surface area contributed by atoms with E-state index in [1.165, 1.54) is 0 Å². The van der Waals surface area contributed by atoms with E-state index in [0.717, 1.165) is 31.1 Å². The number of carbonyl (C=O) groups excluding carboxylic acids is 1. The van der Waals surface area contributed by atoms with Crippen LogP contribution in [-0.2, 0) is 21.2 Å². The lowest BCUT2D eigenvalue weighted by Gasteiger charge is -2.40. The summed E-state index contributed by atoms with van der Waals surface area (Å²) in [6.07, 6.45) is 4.47. The Bertz CT molecular complexity index is 1180. The summed E-state index contributed by atoms with van der Waals surface area (Å²) in [5.41, 5.74) is -0.0898. The third kappa shape index (κ3) is 4.09. The zero-order chi connectivity index (χ0) is 23.4. The average Bonchev–Trinajstić information content (AvgIpc) is 3.48. The third-order valence-corrected chi connectivity index (χ3v) is 8.28. The van der Waals surface area contributed by atoms with Gasteiger partial charge in [0.05, 0.1) is 12.3 Å². The number of hydrogen-bond donors (Lipinski definition) is 2. The van der Waals surface area contributed by atoms with Crippen molar-refractivity contribution in [3.8, 4) is 11.1 Å². The SMILES string of the molecule is CS(=O)(=O)NC1C(Cc2cccc(-c3ccccc3)c2F)N(C(=O)C2(O)CCC2)CC12CC2. The molecule has 2 aliphatic carbocycles. The number of likely N-dealkylation sites (tertiary alicyclic amines) is 1. The number of nitrogens with one attached hydrogen (secondary N) is 1. The molecule has 2 aromatic carbocycles. The number of carbonyl (C=O) groups is 1. The minimum Gasteiger partial charge on any atom is -0.380 e. The highest BCUT2D eigenvalue weighted by atomic mass is 32.2. The Morgan fingerprint density at radius 1 is 1.12 bits per heavy atom. The maximum atomic E-state index is 15.6. The van der Waals surface area contributed by atoms with Crippen molar-refractivity contribution in [1.82, 2.24) is 9.62 Å². The number of halogens is 1. The fourth-order valence-corrected chi connectivity index (χ4v) is 6.32. The first kappa shape index (κ1) is 22.5. The molecule has 3 fully saturated rings. The molecular formula is C25H29FN2O4S. The number of aliphatic hydroxyl groups is 1. The Labute approximate surface area is 193 Å². The minimum atomic E-state index is -3.55. The monoisotopic (exact) mass is 472 g/mol. The minimum absolute atomic E-state index is 0.170. The van der Waals surface area contributed by atoms with E-state index in [4.69, 9.17) is 0 Å². The molecule has 33 heavy (non-hydrogen) atoms. The zero-order valence-electron chi connectivity index (χ0n) is 18.6. The van der Waals surface area contributed by atoms with Crippen molar-refractivity contribution >= 4 is 15.9 Å². The van der Waals surface area contributed by atoms with E-state index in [0.29, 0.717) is 30.5 Å². The van der Waals surface area contributed by atoms with Crippen LogP contribution in [0, 0.1) is 11.2 Å². The van der Waals surface area contributed by atoms with Crippen LogP contribution in [0.4, 0.5) is 4.39 Å². The van der Waals surface area contributed by atoms with Crippen molar-refractivity contribution in [3.05, 3.63) is 59.9 Å². The van der Waals surface area contributed by atoms with Crippen molar-refractivity contribution in [2.45, 2.75) is 56.2 Å². The number of hydrogen-bond acceptors (Lipinski definition) is 4. The largest absolute Gasteiger partial charge is 0.380 e. The van der Waals surface area contributed by atoms with Crippen LogP contribution in [0.3, 0.4) is 0 Å². The van der Waals surface area contributed by atoms with Crippen molar-refractivity contribution < 1.29 is 22.7 Å². The van der Waals surface area contributed by atoms with E-state index in [2.05, 4.69) is 4.72 Å². The molecule has 6 nitrogen and oxygen atoms in total. The molecule has 3 aliphatic rings. The van der Waals surface area contributed by atoms with Crippen LogP contribution in [0.25, 0.3) is 11.1 Å². The number of amides is 1. The first-order valence-electron chi connectivity index (χ1n) is 11.5. The summed E-state index contributed by atoms with van der Waals surface area (Å²) < 4.78 is 42.8. The molecular weight excluding hydrogens is 443 g/mol. The topological polar surface area (TPSA) is 86.7 Å². The van der Waals surface area contributed by atoms with Crippen LogP contribution in [0.1, 0.15) is 37.7 Å². The van der Waals surface area contributed by atoms with E-state index in [1.807, 2.05) is 30.3 Å². The third-order valence-electron chi connectivity index (χ3n) is 7.60. The van der Waals surface area contributed by atoms with Gasteiger partial charge in [0.25, 0.3) is 5.91 Å². The van der Waals surface area contributed by atoms with E-state index >= 15 is 4.39 Å². The van der Waals surface area contributed by atoms with Gasteiger partial charge in [0, 0.05) is 23.6 Å². The first-order valence-corrected chi connectivity index (χ1v) is 13.3. The quantitative estimate of drug-likeness (QED) is 0.677. The molecule has 0 radical (unpaired) electrons. The molecule has 8 heteroatoms. The molecule has 2 unspecified atom stereocenters. The number of sulfonamides is 1. The number of rotatable bonds is 6. The maximum Gasteiger partial charge on any atom is 0.254 e. The van der Waals surface area contributed by atoms with Gasteiger partial charge in [-0.25, -0.2) is 17.5 Å². The highest BCUT2D eigenvalue weighted by molar-refractivity contribution is 7.88. The van der Waals surface area contributed by atoms with E-state index in [9.17, 15) is 18.3 Å². The first-order chi connectivity index (χ1) is 15.6. The maximum absolute atomic E-state index is 15.6. The zero-order valence-corrected chi connectivity index (χ0v) is 19.4. The molecule has 0 aromatic heterocycles. The van der Waals surface area contributed by atoms with Crippen molar-refractivity contribution in [2.24, 2.45) is 5.41 Å². The predicted octanol–water partition coefficient (Wildman–Crippen LogP) is 2.86. The fraction of sp³-hybridized carbons (Fsp3) is 0.480. The van der Waals surface area contributed by atoms with Crippen molar-refractivity contribution in [3.63, 3.8) is 0 Å². The lowest BCUT2D eigenvalue weighted by atomic mass is 9.79. The van der Waals surface area contributed by atoms with Crippen molar-refractivity contribution in [2.75, 3.05) is 12.8 Å². The molecule has 2 aromatic rings. The average molecular weight is 473 g/mol. The molecule has 2 N–H and O–H groups in total. The van der Waals surface area contributed by atoms with Gasteiger partial charge in [-0.1, -0.05) is 48.5 Å². The second-order valence-corrected chi connectivity index (χ2v) is 11.7. The number of benzene rings is 2. The lowest BCUT2D eigenvalue weighted by molar-refractivity contribution is -0.161. The van der Waals surface area contributed by atoms with Gasteiger partial charge in [-0.2, -0.15) is 0 Å². The lowest BCUT2D eigenvalue weighted by Crippen LogP contribution is -2.57. The number of nitrogens with zero attached hydrogens (tertiary/aromatic N) is 1. The predicted molar refractivity (Wildman–Crippen MR) is 123 cm³/mol. The summed E-state index contributed by atoms with van der Waals surface area (Å²) in [5, 5.41) is 10.8. The normalized spacial score (nSPS) is 25.1. The molecule has 1 spiro atoms. The van der Waals surface area contributed by atoms with Crippen LogP contribution in [0.2, 0.25) is 0 Å². The Morgan fingerprint density at radius 3 is 2.39 bits per heavy atom. The van der Waals surface area contributed by atoms with Gasteiger partial charge in [-0.3, -0.25) is 4.79 Å². The summed E-state index contributed by atoms with van der Waals surface area (Å²) in [4.78, 5) is 15.0. The second-order valence-electron chi connectivity index (χ2n) is 9.96. The fourth-order valence-electron chi connectivity index (χ4n) is 5.45. The summed E-state index contributed by atoms with van der Waals surface area (Å²) in [7, 11) is -3.55. The smallest absolute Gasteiger partial charge is 0.254 e. The van der Waals surface area contributed by atoms with Crippen LogP contribution < -0.4 is 4.72 Å². The molecule has 1 amide bonds. The highest BCUT2D eigenvalue weighted by Gasteiger charge is 2.63. The van der Waals surface area contributed by atoms with Gasteiger partial charge < -0.3 is 10.0 Å². The van der Waals surface area contributed by atoms with E-state index < -0.39 is 27.7 Å². The van der Waals surface area contributed by atoms with Crippen LogP contribution in [0.5, 0.6) is 0 Å². The summed E-state index contributed by atoms with van der Waals surface area (Å²) in [5.74, 6) is -0.726. The van der Waals surface area contributed by atoms with Gasteiger partial charge in [0.2, 0.25) is 10.0 Å². The Balaban J connectivity index is 1.52. The highest BCUT2D eigenvalue weighted by Crippen LogP contribution is 2.56. The van der Waals surface area contributed by atoms with Crippen LogP contribution in [-0.4, -0.2) is 54.8 Å². The van der Waals surface area contributed by atoms with Gasteiger partial charge >= 0.3 is 0 Å². The molecule has 1 aliphatic heterocycles. The van der Waals surface area contributed by atoms with Crippen molar-refractivity contribution in [1.29, 1.82) is 0 Å². The summed E-state index contributed by atoms with van der Waals surface area (Å²) >= 11 is 0. The molecule has 2 saturated carbocycles. The Kier molecular flexibility index (Phi) is 5.38. The summed E-state index contributed by atoms with van der Waals surface area (Å²) in [6, 6.07) is 13.4. The summed E-state index contributed by atoms with van der Waals surface area (Å²) in [6.45, 7) is 0.381. The van der Waals surface area contributed by atoms with Crippen LogP contribution in [0.15, 0.2) is 48.5 Å². The molecule has 176 valence electrons. The van der Waals surface area contributed by atoms with Gasteiger partial charge in [0.1, 0.15) is 11.4 Å². The van der Waals surface area contributed by atoms with Gasteiger partial charge in [0.15, 0.2) is 0 Å². The Hall–Kier alpha value is -2.29. The Morgan fingerprint density at radius 2 is 1.82 bits per heavy atom. The van der Waals surface area contributed by atoms with Crippen LogP contribution >= 0.6 is 0 Å². The van der Waals surface area contributed by atoms with Gasteiger partial charge in [-0.05, 0) is 49.7 Å². The van der Waals surface area contributed by atoms with E-state index in [-0.39, 0.29) is 23.6 Å². The van der Waals surface area contributed by atoms with Gasteiger partial charge in [-0.15, -0.1) is 0 Å². The standard InChI is InChI=1S/C25H29FN2O4S/c1-33(31,32)27-22-20(28(16-24(22)13-14-24)23(29)25(30)11-6-12-25)15-18-9-5-10-19(21(18)26)17-7-3-2-4-8-17/h2-5,7-10,20,22,27,30H,6,11-16H2,1H3. The molecule has 1 heterocycles. The molecule has 0 bridgehead atoms. The second kappa shape index (κ2) is 7.89. The molecule has 1 saturated heterocycles. The van der Waals surface area contributed by atoms with E-state index in [1.54, 1.807) is 23.1 Å². The molecule has 2 atom stereocenters. The molecule has 5 rings (SSSR count).